The molecule has 1 saturated carbocycles. The lowest BCUT2D eigenvalue weighted by Gasteiger charge is -2.53. The van der Waals surface area contributed by atoms with Gasteiger partial charge in [0, 0.05) is 36.9 Å². The lowest BCUT2D eigenvalue weighted by atomic mass is 9.57. The van der Waals surface area contributed by atoms with Crippen molar-refractivity contribution in [1.29, 1.82) is 0 Å². The smallest absolute Gasteiger partial charge is 0.259 e. The summed E-state index contributed by atoms with van der Waals surface area (Å²) in [5.41, 5.74) is 3.04. The summed E-state index contributed by atoms with van der Waals surface area (Å²) in [5, 5.41) is 11.9. The van der Waals surface area contributed by atoms with E-state index >= 15 is 0 Å². The number of thioether (sulfide) groups is 1. The molecule has 1 fully saturated rings. The Labute approximate surface area is 204 Å². The Hall–Kier alpha value is -2.38. The first kappa shape index (κ1) is 23.4. The number of amides is 1. The maximum Gasteiger partial charge on any atom is 0.259 e. The number of likely N-dealkylation sites (N-methyl/N-ethyl adjacent to an activating group) is 1. The summed E-state index contributed by atoms with van der Waals surface area (Å²) >= 11 is 1.52. The molecule has 0 spiro atoms. The Balaban J connectivity index is 1.44. The predicted octanol–water partition coefficient (Wildman–Crippen LogP) is 5.12. The SMILES string of the molecule is CN(C)C(=O)C1=CCC([C@@](C)(O)[C@H]2CCCC3=Cc4c(-c5ccc(F)cc5)ncn4C[C@@]32C)S1. The summed E-state index contributed by atoms with van der Waals surface area (Å²) in [5.74, 6) is -0.188. The van der Waals surface area contributed by atoms with Crippen LogP contribution in [0, 0.1) is 17.2 Å². The van der Waals surface area contributed by atoms with Crippen molar-refractivity contribution in [2.24, 2.45) is 11.3 Å². The van der Waals surface area contributed by atoms with Crippen molar-refractivity contribution in [3.8, 4) is 11.3 Å². The average Bonchev–Trinajstić information content (AvgIpc) is 3.44. The Morgan fingerprint density at radius 2 is 2.06 bits per heavy atom. The molecule has 7 heteroatoms. The van der Waals surface area contributed by atoms with E-state index in [0.717, 1.165) is 47.7 Å². The number of carbonyl (C=O) groups is 1. The van der Waals surface area contributed by atoms with Crippen molar-refractivity contribution in [2.45, 2.75) is 56.9 Å². The first-order valence-electron chi connectivity index (χ1n) is 11.9. The van der Waals surface area contributed by atoms with Gasteiger partial charge >= 0.3 is 0 Å². The fraction of sp³-hybridized carbons (Fsp3) is 0.481. The predicted molar refractivity (Wildman–Crippen MR) is 134 cm³/mol. The highest BCUT2D eigenvalue weighted by molar-refractivity contribution is 8.04. The van der Waals surface area contributed by atoms with Crippen LogP contribution in [-0.4, -0.2) is 50.4 Å². The zero-order valence-electron chi connectivity index (χ0n) is 20.2. The molecule has 0 radical (unpaired) electrons. The highest BCUT2D eigenvalue weighted by Gasteiger charge is 2.54. The van der Waals surface area contributed by atoms with Gasteiger partial charge in [-0.25, -0.2) is 9.37 Å². The maximum atomic E-state index is 13.4. The van der Waals surface area contributed by atoms with Crippen LogP contribution in [0.15, 0.2) is 47.1 Å². The molecule has 1 unspecified atom stereocenters. The molecule has 180 valence electrons. The lowest BCUT2D eigenvalue weighted by Crippen LogP contribution is -2.54. The van der Waals surface area contributed by atoms with Crippen LogP contribution in [-0.2, 0) is 11.3 Å². The Morgan fingerprint density at radius 3 is 2.76 bits per heavy atom. The molecule has 1 aliphatic carbocycles. The summed E-state index contributed by atoms with van der Waals surface area (Å²) in [7, 11) is 3.53. The highest BCUT2D eigenvalue weighted by Crippen LogP contribution is 2.56. The molecule has 3 heterocycles. The van der Waals surface area contributed by atoms with Crippen molar-refractivity contribution >= 4 is 23.7 Å². The van der Waals surface area contributed by atoms with Gasteiger partial charge in [0.25, 0.3) is 5.91 Å². The van der Waals surface area contributed by atoms with Crippen molar-refractivity contribution in [3.05, 3.63) is 58.7 Å². The number of imidazole rings is 1. The van der Waals surface area contributed by atoms with Gasteiger partial charge in [0.15, 0.2) is 0 Å². The Bertz CT molecular complexity index is 1180. The number of rotatable bonds is 4. The van der Waals surface area contributed by atoms with Gasteiger partial charge in [-0.2, -0.15) is 0 Å². The van der Waals surface area contributed by atoms with Gasteiger partial charge in [0.2, 0.25) is 0 Å². The second kappa shape index (κ2) is 8.38. The average molecular weight is 482 g/mol. The van der Waals surface area contributed by atoms with E-state index in [1.54, 1.807) is 31.1 Å². The third-order valence-corrected chi connectivity index (χ3v) is 9.56. The second-order valence-corrected chi connectivity index (χ2v) is 11.7. The molecule has 34 heavy (non-hydrogen) atoms. The molecular formula is C27H32FN3O2S. The number of aliphatic hydroxyl groups is 1. The number of aromatic nitrogens is 2. The first-order valence-corrected chi connectivity index (χ1v) is 12.8. The summed E-state index contributed by atoms with van der Waals surface area (Å²) < 4.78 is 15.6. The molecule has 0 saturated heterocycles. The monoisotopic (exact) mass is 481 g/mol. The summed E-state index contributed by atoms with van der Waals surface area (Å²) in [6.45, 7) is 4.99. The maximum absolute atomic E-state index is 13.4. The van der Waals surface area contributed by atoms with E-state index in [2.05, 4.69) is 22.6 Å². The Kier molecular flexibility index (Phi) is 5.76. The van der Waals surface area contributed by atoms with E-state index < -0.39 is 5.60 Å². The minimum Gasteiger partial charge on any atom is -0.389 e. The third-order valence-electron chi connectivity index (χ3n) is 8.01. The van der Waals surface area contributed by atoms with Crippen LogP contribution >= 0.6 is 11.8 Å². The van der Waals surface area contributed by atoms with E-state index in [1.165, 1.54) is 29.5 Å². The van der Waals surface area contributed by atoms with Crippen molar-refractivity contribution in [1.82, 2.24) is 14.5 Å². The minimum atomic E-state index is -0.929. The molecule has 0 bridgehead atoms. The number of halogens is 1. The number of nitrogens with zero attached hydrogens (tertiary/aromatic N) is 3. The first-order chi connectivity index (χ1) is 16.1. The number of hydrogen-bond acceptors (Lipinski definition) is 4. The van der Waals surface area contributed by atoms with Gasteiger partial charge in [-0.05, 0) is 68.9 Å². The molecule has 5 rings (SSSR count). The fourth-order valence-electron chi connectivity index (χ4n) is 6.13. The zero-order valence-corrected chi connectivity index (χ0v) is 21.0. The van der Waals surface area contributed by atoms with E-state index in [1.807, 2.05) is 19.3 Å². The van der Waals surface area contributed by atoms with Crippen LogP contribution in [0.5, 0.6) is 0 Å². The fourth-order valence-corrected chi connectivity index (χ4v) is 7.51. The van der Waals surface area contributed by atoms with E-state index in [0.29, 0.717) is 6.42 Å². The number of allylic oxidation sites excluding steroid dienone is 2. The molecule has 5 nitrogen and oxygen atoms in total. The van der Waals surface area contributed by atoms with Crippen LogP contribution < -0.4 is 0 Å². The van der Waals surface area contributed by atoms with E-state index in [9.17, 15) is 14.3 Å². The van der Waals surface area contributed by atoms with Crippen LogP contribution in [0.25, 0.3) is 17.3 Å². The van der Waals surface area contributed by atoms with Crippen LogP contribution in [0.2, 0.25) is 0 Å². The van der Waals surface area contributed by atoms with Gasteiger partial charge in [0.1, 0.15) is 5.82 Å². The van der Waals surface area contributed by atoms with Crippen LogP contribution in [0.4, 0.5) is 4.39 Å². The van der Waals surface area contributed by atoms with Gasteiger partial charge in [-0.3, -0.25) is 4.79 Å². The largest absolute Gasteiger partial charge is 0.389 e. The topological polar surface area (TPSA) is 58.4 Å². The molecule has 1 aromatic heterocycles. The minimum absolute atomic E-state index is 0.00721. The van der Waals surface area contributed by atoms with Crippen molar-refractivity contribution in [2.75, 3.05) is 14.1 Å². The van der Waals surface area contributed by atoms with Gasteiger partial charge < -0.3 is 14.6 Å². The number of carbonyl (C=O) groups excluding carboxylic acids is 1. The zero-order chi connectivity index (χ0) is 24.3. The lowest BCUT2D eigenvalue weighted by molar-refractivity contribution is -0.123. The molecule has 1 amide bonds. The summed E-state index contributed by atoms with van der Waals surface area (Å²) in [6, 6.07) is 6.49. The van der Waals surface area contributed by atoms with Crippen molar-refractivity contribution in [3.63, 3.8) is 0 Å². The summed E-state index contributed by atoms with van der Waals surface area (Å²) in [4.78, 5) is 19.5. The second-order valence-electron chi connectivity index (χ2n) is 10.5. The molecule has 4 atom stereocenters. The standard InChI is InChI=1S/C27H32FN3O2S/c1-26-15-31-16-29-24(17-8-10-19(28)11-9-17)20(31)14-18(26)6-5-7-22(26)27(2,33)23-13-12-21(34-23)25(32)30(3)4/h8-12,14,16,22-23,33H,5-7,13,15H2,1-4H3/t22-,23?,26-,27-/m0/s1. The third kappa shape index (κ3) is 3.73. The number of benzene rings is 1. The van der Waals surface area contributed by atoms with Gasteiger partial charge in [-0.1, -0.05) is 18.6 Å². The summed E-state index contributed by atoms with van der Waals surface area (Å²) in [6.07, 6.45) is 9.77. The van der Waals surface area contributed by atoms with Crippen molar-refractivity contribution < 1.29 is 14.3 Å². The van der Waals surface area contributed by atoms with E-state index in [4.69, 9.17) is 0 Å². The molecule has 2 aliphatic heterocycles. The van der Waals surface area contributed by atoms with Gasteiger partial charge in [-0.15, -0.1) is 11.8 Å². The quantitative estimate of drug-likeness (QED) is 0.659. The molecule has 1 N–H and O–H groups in total. The normalized spacial score (nSPS) is 27.8. The number of hydrogen-bond donors (Lipinski definition) is 1. The molecule has 2 aromatic rings. The molecular weight excluding hydrogens is 449 g/mol. The Morgan fingerprint density at radius 1 is 1.32 bits per heavy atom. The number of fused-ring (bicyclic) bond motifs is 2. The van der Waals surface area contributed by atoms with Crippen LogP contribution in [0.1, 0.15) is 45.2 Å². The highest BCUT2D eigenvalue weighted by atomic mass is 32.2. The van der Waals surface area contributed by atoms with E-state index in [-0.39, 0.29) is 28.3 Å². The molecule has 1 aromatic carbocycles. The van der Waals surface area contributed by atoms with Crippen LogP contribution in [0.3, 0.4) is 0 Å². The van der Waals surface area contributed by atoms with Gasteiger partial charge in [0.05, 0.1) is 28.2 Å². The molecule has 3 aliphatic rings.